The molecule has 1 atom stereocenters. The number of carbonyl (C=O) groups excluding carboxylic acids is 1. The fourth-order valence-electron chi connectivity index (χ4n) is 2.52. The molecule has 3 nitrogen and oxygen atoms in total. The van der Waals surface area contributed by atoms with Crippen molar-refractivity contribution in [3.8, 4) is 0 Å². The largest absolute Gasteiger partial charge is 0.465 e. The minimum atomic E-state index is -0.0524. The molecule has 0 amide bonds. The zero-order chi connectivity index (χ0) is 14.8. The van der Waals surface area contributed by atoms with Crippen LogP contribution >= 0.6 is 0 Å². The summed E-state index contributed by atoms with van der Waals surface area (Å²) in [6, 6.07) is 0. The Labute approximate surface area is 124 Å². The van der Waals surface area contributed by atoms with E-state index in [0.29, 0.717) is 19.1 Å². The molecule has 20 heavy (non-hydrogen) atoms. The maximum atomic E-state index is 11.7. The van der Waals surface area contributed by atoms with Crippen molar-refractivity contribution in [3.63, 3.8) is 0 Å². The number of hydrogen-bond acceptors (Lipinski definition) is 3. The van der Waals surface area contributed by atoms with Crippen LogP contribution in [0.15, 0.2) is 11.6 Å². The third kappa shape index (κ3) is 8.36. The first-order chi connectivity index (χ1) is 9.58. The highest BCUT2D eigenvalue weighted by Gasteiger charge is 2.14. The molecule has 0 aromatic rings. The zero-order valence-electron chi connectivity index (χ0n) is 13.5. The number of nitrogens with zero attached hydrogens (tertiary/aromatic N) is 1. The van der Waals surface area contributed by atoms with Crippen molar-refractivity contribution in [3.05, 3.63) is 11.6 Å². The maximum Gasteiger partial charge on any atom is 0.320 e. The Bertz CT molecular complexity index is 302. The van der Waals surface area contributed by atoms with E-state index in [1.54, 1.807) is 0 Å². The predicted molar refractivity (Wildman–Crippen MR) is 83.7 cm³/mol. The summed E-state index contributed by atoms with van der Waals surface area (Å²) in [5.41, 5.74) is 1.38. The molecule has 0 aromatic carbocycles. The number of likely N-dealkylation sites (tertiary alicyclic amines) is 1. The van der Waals surface area contributed by atoms with Crippen LogP contribution in [0.25, 0.3) is 0 Å². The Morgan fingerprint density at radius 2 is 1.90 bits per heavy atom. The number of carbonyl (C=O) groups is 1. The van der Waals surface area contributed by atoms with Crippen molar-refractivity contribution in [2.24, 2.45) is 5.92 Å². The van der Waals surface area contributed by atoms with Crippen molar-refractivity contribution < 1.29 is 9.53 Å². The molecule has 0 spiro atoms. The number of ether oxygens (including phenoxy) is 1. The quantitative estimate of drug-likeness (QED) is 0.501. The Balaban J connectivity index is 2.04. The number of piperidine rings is 1. The van der Waals surface area contributed by atoms with Gasteiger partial charge in [0.15, 0.2) is 0 Å². The summed E-state index contributed by atoms with van der Waals surface area (Å²) in [5, 5.41) is 0. The average Bonchev–Trinajstić information content (AvgIpc) is 2.39. The van der Waals surface area contributed by atoms with Crippen LogP contribution in [0.2, 0.25) is 0 Å². The van der Waals surface area contributed by atoms with Crippen molar-refractivity contribution in [1.82, 2.24) is 4.90 Å². The van der Waals surface area contributed by atoms with Crippen molar-refractivity contribution in [1.29, 1.82) is 0 Å². The van der Waals surface area contributed by atoms with Gasteiger partial charge in [0.25, 0.3) is 0 Å². The summed E-state index contributed by atoms with van der Waals surface area (Å²) in [7, 11) is 0. The highest BCUT2D eigenvalue weighted by atomic mass is 16.5. The van der Waals surface area contributed by atoms with E-state index >= 15 is 0 Å². The van der Waals surface area contributed by atoms with Crippen LogP contribution in [0.3, 0.4) is 0 Å². The SMILES string of the molecule is CC(C)=CCCC(C)CCOC(=O)CN1CCCCC1. The zero-order valence-corrected chi connectivity index (χ0v) is 13.5. The molecular weight excluding hydrogens is 250 g/mol. The molecule has 0 saturated carbocycles. The monoisotopic (exact) mass is 281 g/mol. The van der Waals surface area contributed by atoms with Gasteiger partial charge >= 0.3 is 5.97 Å². The van der Waals surface area contributed by atoms with Crippen molar-refractivity contribution >= 4 is 5.97 Å². The van der Waals surface area contributed by atoms with E-state index in [2.05, 4.69) is 31.7 Å². The van der Waals surface area contributed by atoms with Crippen LogP contribution in [-0.2, 0) is 9.53 Å². The van der Waals surface area contributed by atoms with Crippen LogP contribution in [0.5, 0.6) is 0 Å². The van der Waals surface area contributed by atoms with Gasteiger partial charge in [-0.2, -0.15) is 0 Å². The minimum absolute atomic E-state index is 0.0524. The summed E-state index contributed by atoms with van der Waals surface area (Å²) in [6.07, 6.45) is 9.29. The highest BCUT2D eigenvalue weighted by molar-refractivity contribution is 5.71. The number of esters is 1. The standard InChI is InChI=1S/C17H31NO2/c1-15(2)8-7-9-16(3)10-13-20-17(19)14-18-11-5-4-6-12-18/h8,16H,4-7,9-14H2,1-3H3. The second kappa shape index (κ2) is 9.98. The summed E-state index contributed by atoms with van der Waals surface area (Å²) in [4.78, 5) is 13.9. The second-order valence-electron chi connectivity index (χ2n) is 6.31. The van der Waals surface area contributed by atoms with E-state index in [1.807, 2.05) is 0 Å². The van der Waals surface area contributed by atoms with Crippen molar-refractivity contribution in [2.75, 3.05) is 26.2 Å². The summed E-state index contributed by atoms with van der Waals surface area (Å²) in [6.45, 7) is 9.65. The molecule has 116 valence electrons. The van der Waals surface area contributed by atoms with Crippen LogP contribution < -0.4 is 0 Å². The minimum Gasteiger partial charge on any atom is -0.465 e. The lowest BCUT2D eigenvalue weighted by Crippen LogP contribution is -2.35. The normalized spacial score (nSPS) is 17.6. The fourth-order valence-corrected chi connectivity index (χ4v) is 2.52. The lowest BCUT2D eigenvalue weighted by atomic mass is 10.0. The Morgan fingerprint density at radius 1 is 1.20 bits per heavy atom. The van der Waals surface area contributed by atoms with Gasteiger partial charge < -0.3 is 4.74 Å². The smallest absolute Gasteiger partial charge is 0.320 e. The first-order valence-electron chi connectivity index (χ1n) is 8.09. The molecule has 0 radical (unpaired) electrons. The topological polar surface area (TPSA) is 29.5 Å². The lowest BCUT2D eigenvalue weighted by Gasteiger charge is -2.25. The molecule has 0 bridgehead atoms. The first kappa shape index (κ1) is 17.2. The molecule has 0 aromatic heterocycles. The molecule has 1 rings (SSSR count). The van der Waals surface area contributed by atoms with E-state index in [1.165, 1.54) is 31.3 Å². The maximum absolute atomic E-state index is 11.7. The summed E-state index contributed by atoms with van der Waals surface area (Å²) < 4.78 is 5.35. The average molecular weight is 281 g/mol. The Hall–Kier alpha value is -0.830. The number of allylic oxidation sites excluding steroid dienone is 2. The molecule has 1 fully saturated rings. The van der Waals surface area contributed by atoms with E-state index in [9.17, 15) is 4.79 Å². The van der Waals surface area contributed by atoms with E-state index in [4.69, 9.17) is 4.74 Å². The summed E-state index contributed by atoms with van der Waals surface area (Å²) in [5.74, 6) is 0.566. The van der Waals surface area contributed by atoms with Gasteiger partial charge in [-0.1, -0.05) is 25.0 Å². The van der Waals surface area contributed by atoms with Crippen LogP contribution in [0.4, 0.5) is 0 Å². The Morgan fingerprint density at radius 3 is 2.55 bits per heavy atom. The molecule has 1 saturated heterocycles. The van der Waals surface area contributed by atoms with Gasteiger partial charge in [-0.15, -0.1) is 0 Å². The fraction of sp³-hybridized carbons (Fsp3) is 0.824. The van der Waals surface area contributed by atoms with Gasteiger partial charge in [-0.3, -0.25) is 9.69 Å². The van der Waals surface area contributed by atoms with E-state index < -0.39 is 0 Å². The highest BCUT2D eigenvalue weighted by Crippen LogP contribution is 2.12. The number of hydrogen-bond donors (Lipinski definition) is 0. The third-order valence-corrected chi connectivity index (χ3v) is 3.89. The predicted octanol–water partition coefficient (Wildman–Crippen LogP) is 3.79. The number of rotatable bonds is 8. The third-order valence-electron chi connectivity index (χ3n) is 3.89. The van der Waals surface area contributed by atoms with Gasteiger partial charge in [-0.05, 0) is 65.0 Å². The molecular formula is C17H31NO2. The molecule has 0 aliphatic carbocycles. The molecule has 1 heterocycles. The summed E-state index contributed by atoms with van der Waals surface area (Å²) >= 11 is 0. The lowest BCUT2D eigenvalue weighted by molar-refractivity contribution is -0.145. The van der Waals surface area contributed by atoms with Gasteiger partial charge in [0.2, 0.25) is 0 Å². The first-order valence-corrected chi connectivity index (χ1v) is 8.09. The van der Waals surface area contributed by atoms with Gasteiger partial charge in [0.1, 0.15) is 0 Å². The molecule has 0 N–H and O–H groups in total. The van der Waals surface area contributed by atoms with Crippen LogP contribution in [0.1, 0.15) is 59.3 Å². The van der Waals surface area contributed by atoms with Gasteiger partial charge in [0.05, 0.1) is 13.2 Å². The molecule has 1 aliphatic rings. The molecule has 1 aliphatic heterocycles. The van der Waals surface area contributed by atoms with Crippen LogP contribution in [-0.4, -0.2) is 37.1 Å². The van der Waals surface area contributed by atoms with E-state index in [-0.39, 0.29) is 5.97 Å². The van der Waals surface area contributed by atoms with Crippen LogP contribution in [0, 0.1) is 5.92 Å². The van der Waals surface area contributed by atoms with Gasteiger partial charge in [-0.25, -0.2) is 0 Å². The van der Waals surface area contributed by atoms with Crippen molar-refractivity contribution in [2.45, 2.75) is 59.3 Å². The van der Waals surface area contributed by atoms with Gasteiger partial charge in [0, 0.05) is 0 Å². The van der Waals surface area contributed by atoms with E-state index in [0.717, 1.165) is 25.9 Å². The second-order valence-corrected chi connectivity index (χ2v) is 6.31. The molecule has 3 heteroatoms. The Kier molecular flexibility index (Phi) is 8.59. The molecule has 1 unspecified atom stereocenters.